The number of carbonyl (C=O) groups is 2. The van der Waals surface area contributed by atoms with Gasteiger partial charge in [0, 0.05) is 29.4 Å². The van der Waals surface area contributed by atoms with Gasteiger partial charge in [-0.05, 0) is 60.0 Å². The van der Waals surface area contributed by atoms with Crippen molar-refractivity contribution in [2.24, 2.45) is 5.73 Å². The van der Waals surface area contributed by atoms with Gasteiger partial charge in [-0.15, -0.1) is 0 Å². The number of esters is 1. The van der Waals surface area contributed by atoms with Gasteiger partial charge in [0.2, 0.25) is 5.91 Å². The van der Waals surface area contributed by atoms with E-state index >= 15 is 0 Å². The van der Waals surface area contributed by atoms with Crippen LogP contribution in [0.15, 0.2) is 90.3 Å². The molecule has 6 nitrogen and oxygen atoms in total. The predicted molar refractivity (Wildman–Crippen MR) is 124 cm³/mol. The summed E-state index contributed by atoms with van der Waals surface area (Å²) in [7, 11) is 1.38. The van der Waals surface area contributed by atoms with Crippen LogP contribution in [0.4, 0.5) is 11.5 Å². The van der Waals surface area contributed by atoms with Crippen molar-refractivity contribution in [2.45, 2.75) is 13.3 Å². The average molecular weight is 425 g/mol. The van der Waals surface area contributed by atoms with Gasteiger partial charge in [0.1, 0.15) is 11.5 Å². The number of primary amides is 1. The SMILES string of the molecule is CC=C1C(Cc2ccc(C(N)=O)cc2)=C(C(=O)OC)N(c2ccccc2)c2ncccc21. The minimum Gasteiger partial charge on any atom is -0.464 e. The topological polar surface area (TPSA) is 85.5 Å². The molecule has 160 valence electrons. The number of pyridine rings is 1. The van der Waals surface area contributed by atoms with Crippen LogP contribution in [0.25, 0.3) is 5.57 Å². The van der Waals surface area contributed by atoms with E-state index in [9.17, 15) is 9.59 Å². The summed E-state index contributed by atoms with van der Waals surface area (Å²) in [6.45, 7) is 1.94. The molecule has 4 rings (SSSR count). The van der Waals surface area contributed by atoms with E-state index in [1.165, 1.54) is 7.11 Å². The summed E-state index contributed by atoms with van der Waals surface area (Å²) in [4.78, 5) is 31.0. The Morgan fingerprint density at radius 1 is 1.03 bits per heavy atom. The van der Waals surface area contributed by atoms with Crippen LogP contribution in [0.1, 0.15) is 28.4 Å². The Kier molecular flexibility index (Phi) is 5.85. The van der Waals surface area contributed by atoms with Crippen LogP contribution < -0.4 is 10.6 Å². The first-order valence-corrected chi connectivity index (χ1v) is 10.2. The van der Waals surface area contributed by atoms with Crippen LogP contribution in [0.2, 0.25) is 0 Å². The average Bonchev–Trinajstić information content (AvgIpc) is 2.83. The molecule has 0 saturated heterocycles. The van der Waals surface area contributed by atoms with Crippen molar-refractivity contribution in [2.75, 3.05) is 12.0 Å². The van der Waals surface area contributed by atoms with Gasteiger partial charge in [0.25, 0.3) is 0 Å². The number of allylic oxidation sites excluding steroid dienone is 3. The second kappa shape index (κ2) is 8.89. The normalized spacial score (nSPS) is 14.3. The lowest BCUT2D eigenvalue weighted by Crippen LogP contribution is -2.31. The molecule has 0 unspecified atom stereocenters. The fraction of sp³-hybridized carbons (Fsp3) is 0.115. The highest BCUT2D eigenvalue weighted by Crippen LogP contribution is 2.44. The summed E-state index contributed by atoms with van der Waals surface area (Å²) in [6.07, 6.45) is 4.16. The van der Waals surface area contributed by atoms with E-state index in [2.05, 4.69) is 4.98 Å². The molecule has 0 spiro atoms. The highest BCUT2D eigenvalue weighted by atomic mass is 16.5. The molecular weight excluding hydrogens is 402 g/mol. The third-order valence-electron chi connectivity index (χ3n) is 5.42. The van der Waals surface area contributed by atoms with Crippen molar-refractivity contribution < 1.29 is 14.3 Å². The number of methoxy groups -OCH3 is 1. The summed E-state index contributed by atoms with van der Waals surface area (Å²) >= 11 is 0. The predicted octanol–water partition coefficient (Wildman–Crippen LogP) is 4.41. The number of aromatic nitrogens is 1. The van der Waals surface area contributed by atoms with E-state index in [4.69, 9.17) is 10.5 Å². The summed E-state index contributed by atoms with van der Waals surface area (Å²) in [5.74, 6) is -0.263. The number of para-hydroxylation sites is 1. The molecule has 2 N–H and O–H groups in total. The smallest absolute Gasteiger partial charge is 0.355 e. The van der Waals surface area contributed by atoms with E-state index in [0.717, 1.165) is 28.0 Å². The van der Waals surface area contributed by atoms with Crippen LogP contribution in [-0.4, -0.2) is 24.0 Å². The van der Waals surface area contributed by atoms with E-state index in [1.54, 1.807) is 18.3 Å². The molecule has 0 fully saturated rings. The van der Waals surface area contributed by atoms with Crippen molar-refractivity contribution in [3.05, 3.63) is 107 Å². The number of ether oxygens (including phenoxy) is 1. The number of amides is 1. The number of rotatable bonds is 5. The Labute approximate surface area is 186 Å². The van der Waals surface area contributed by atoms with Gasteiger partial charge in [0.15, 0.2) is 0 Å². The van der Waals surface area contributed by atoms with Gasteiger partial charge in [-0.3, -0.25) is 9.69 Å². The Morgan fingerprint density at radius 2 is 1.75 bits per heavy atom. The number of anilines is 2. The van der Waals surface area contributed by atoms with Crippen molar-refractivity contribution in [3.63, 3.8) is 0 Å². The molecule has 1 amide bonds. The Balaban J connectivity index is 1.94. The molecule has 1 aliphatic heterocycles. The molecule has 0 aliphatic carbocycles. The molecule has 0 atom stereocenters. The van der Waals surface area contributed by atoms with Crippen molar-refractivity contribution in [3.8, 4) is 0 Å². The zero-order valence-corrected chi connectivity index (χ0v) is 17.9. The third-order valence-corrected chi connectivity index (χ3v) is 5.42. The van der Waals surface area contributed by atoms with E-state index in [-0.39, 0.29) is 0 Å². The second-order valence-electron chi connectivity index (χ2n) is 7.30. The van der Waals surface area contributed by atoms with Crippen molar-refractivity contribution in [1.29, 1.82) is 0 Å². The quantitative estimate of drug-likeness (QED) is 0.612. The van der Waals surface area contributed by atoms with E-state index in [1.807, 2.05) is 72.5 Å². The van der Waals surface area contributed by atoms with Crippen molar-refractivity contribution >= 4 is 29.0 Å². The van der Waals surface area contributed by atoms with Crippen LogP contribution in [0.3, 0.4) is 0 Å². The number of hydrogen-bond donors (Lipinski definition) is 1. The fourth-order valence-corrected chi connectivity index (χ4v) is 3.96. The molecule has 6 heteroatoms. The summed E-state index contributed by atoms with van der Waals surface area (Å²) in [5, 5.41) is 0. The zero-order valence-electron chi connectivity index (χ0n) is 17.9. The van der Waals surface area contributed by atoms with Crippen molar-refractivity contribution in [1.82, 2.24) is 4.98 Å². The van der Waals surface area contributed by atoms with Gasteiger partial charge in [-0.1, -0.05) is 36.4 Å². The highest BCUT2D eigenvalue weighted by Gasteiger charge is 2.34. The van der Waals surface area contributed by atoms with E-state index < -0.39 is 11.9 Å². The first-order valence-electron chi connectivity index (χ1n) is 10.2. The fourth-order valence-electron chi connectivity index (χ4n) is 3.96. The number of nitrogens with two attached hydrogens (primary N) is 1. The molecule has 3 aromatic rings. The first-order chi connectivity index (χ1) is 15.5. The maximum Gasteiger partial charge on any atom is 0.355 e. The third kappa shape index (κ3) is 3.78. The zero-order chi connectivity index (χ0) is 22.7. The maximum absolute atomic E-state index is 13.1. The number of nitrogens with zero attached hydrogens (tertiary/aromatic N) is 2. The summed E-state index contributed by atoms with van der Waals surface area (Å²) < 4.78 is 5.21. The molecule has 32 heavy (non-hydrogen) atoms. The molecule has 1 aliphatic rings. The minimum absolute atomic E-state index is 0.414. The van der Waals surface area contributed by atoms with Gasteiger partial charge in [-0.2, -0.15) is 0 Å². The molecule has 0 saturated carbocycles. The molecular formula is C26H23N3O3. The van der Waals surface area contributed by atoms with Gasteiger partial charge in [-0.25, -0.2) is 9.78 Å². The lowest BCUT2D eigenvalue weighted by atomic mass is 9.87. The lowest BCUT2D eigenvalue weighted by molar-refractivity contribution is -0.136. The van der Waals surface area contributed by atoms with Gasteiger partial charge < -0.3 is 10.5 Å². The van der Waals surface area contributed by atoms with Crippen LogP contribution >= 0.6 is 0 Å². The van der Waals surface area contributed by atoms with Crippen LogP contribution in [0.5, 0.6) is 0 Å². The number of fused-ring (bicyclic) bond motifs is 1. The largest absolute Gasteiger partial charge is 0.464 e. The highest BCUT2D eigenvalue weighted by molar-refractivity contribution is 6.05. The Morgan fingerprint density at radius 3 is 2.38 bits per heavy atom. The number of carbonyl (C=O) groups excluding carboxylic acids is 2. The molecule has 2 aromatic carbocycles. The molecule has 0 bridgehead atoms. The Bertz CT molecular complexity index is 1230. The number of hydrogen-bond acceptors (Lipinski definition) is 5. The van der Waals surface area contributed by atoms with Crippen LogP contribution in [-0.2, 0) is 16.0 Å². The first kappa shape index (κ1) is 21.1. The summed E-state index contributed by atoms with van der Waals surface area (Å²) in [6, 6.07) is 20.6. The Hall–Kier alpha value is -4.19. The number of benzene rings is 2. The standard InChI is InChI=1S/C26H23N3O3/c1-3-20-21-10-7-15-28-25(21)29(19-8-5-4-6-9-19)23(26(31)32-2)22(20)16-17-11-13-18(14-12-17)24(27)30/h3-15H,16H2,1-2H3,(H2,27,30). The van der Waals surface area contributed by atoms with E-state index in [0.29, 0.717) is 23.5 Å². The molecule has 2 heterocycles. The lowest BCUT2D eigenvalue weighted by Gasteiger charge is -2.34. The van der Waals surface area contributed by atoms with Crippen LogP contribution in [0, 0.1) is 0 Å². The minimum atomic E-state index is -0.479. The monoisotopic (exact) mass is 425 g/mol. The van der Waals surface area contributed by atoms with Gasteiger partial charge >= 0.3 is 5.97 Å². The van der Waals surface area contributed by atoms with Gasteiger partial charge in [0.05, 0.1) is 7.11 Å². The molecule has 1 aromatic heterocycles. The summed E-state index contributed by atoms with van der Waals surface area (Å²) in [5.41, 5.74) is 10.6. The second-order valence-corrected chi connectivity index (χ2v) is 7.30. The maximum atomic E-state index is 13.1. The molecule has 0 radical (unpaired) electrons.